The van der Waals surface area contributed by atoms with Crippen LogP contribution < -0.4 is 10.3 Å². The number of hydrogen-bond acceptors (Lipinski definition) is 7. The number of H-pyrrole nitrogens is 1. The maximum atomic E-state index is 12.9. The topological polar surface area (TPSA) is 98.2 Å². The van der Waals surface area contributed by atoms with Gasteiger partial charge in [0.05, 0.1) is 32.3 Å². The predicted octanol–water partition coefficient (Wildman–Crippen LogP) is 2.41. The monoisotopic (exact) mass is 448 g/mol. The van der Waals surface area contributed by atoms with Crippen molar-refractivity contribution in [3.63, 3.8) is 0 Å². The number of pyridine rings is 1. The van der Waals surface area contributed by atoms with E-state index in [2.05, 4.69) is 37.5 Å². The second kappa shape index (κ2) is 10.8. The van der Waals surface area contributed by atoms with E-state index in [1.165, 1.54) is 5.56 Å². The molecule has 0 bridgehead atoms. The first kappa shape index (κ1) is 22.6. The van der Waals surface area contributed by atoms with Gasteiger partial charge in [0, 0.05) is 31.8 Å². The average molecular weight is 449 g/mol. The molecule has 9 heteroatoms. The quantitative estimate of drug-likeness (QED) is 0.376. The lowest BCUT2D eigenvalue weighted by molar-refractivity contribution is 0.178. The van der Waals surface area contributed by atoms with E-state index in [9.17, 15) is 4.79 Å². The molecule has 0 spiro atoms. The molecule has 2 aromatic heterocycles. The van der Waals surface area contributed by atoms with Gasteiger partial charge in [0.25, 0.3) is 5.56 Å². The van der Waals surface area contributed by atoms with Crippen LogP contribution in [0.1, 0.15) is 17.0 Å². The number of tetrazole rings is 1. The molecular weight excluding hydrogens is 420 g/mol. The first-order valence-corrected chi connectivity index (χ1v) is 10.9. The number of rotatable bonds is 11. The Hall–Kier alpha value is -3.56. The molecule has 9 nitrogen and oxygen atoms in total. The first-order chi connectivity index (χ1) is 16.2. The average Bonchev–Trinajstić information content (AvgIpc) is 3.28. The Labute approximate surface area is 191 Å². The third kappa shape index (κ3) is 5.82. The van der Waals surface area contributed by atoms with Crippen molar-refractivity contribution >= 4 is 10.9 Å². The summed E-state index contributed by atoms with van der Waals surface area (Å²) in [6.45, 7) is 2.84. The van der Waals surface area contributed by atoms with Gasteiger partial charge in [0.15, 0.2) is 5.82 Å². The van der Waals surface area contributed by atoms with E-state index in [1.807, 2.05) is 42.5 Å². The Morgan fingerprint density at radius 2 is 1.91 bits per heavy atom. The SMILES string of the molecule is COCCn1nnnc1CN(CCc1ccccc1)Cc1cc2ccc(OC)cc2[nH]c1=O. The molecule has 2 heterocycles. The molecule has 0 unspecified atom stereocenters. The largest absolute Gasteiger partial charge is 0.497 e. The summed E-state index contributed by atoms with van der Waals surface area (Å²) in [5.41, 5.74) is 2.57. The zero-order valence-corrected chi connectivity index (χ0v) is 18.9. The fourth-order valence-electron chi connectivity index (χ4n) is 3.74. The first-order valence-electron chi connectivity index (χ1n) is 10.9. The van der Waals surface area contributed by atoms with Crippen LogP contribution in [0.25, 0.3) is 10.9 Å². The second-order valence-corrected chi connectivity index (χ2v) is 7.83. The van der Waals surface area contributed by atoms with Crippen molar-refractivity contribution < 1.29 is 9.47 Å². The molecule has 0 amide bonds. The van der Waals surface area contributed by atoms with Gasteiger partial charge in [-0.25, -0.2) is 4.68 Å². The van der Waals surface area contributed by atoms with Crippen LogP contribution in [0.5, 0.6) is 5.75 Å². The van der Waals surface area contributed by atoms with Gasteiger partial charge < -0.3 is 14.5 Å². The van der Waals surface area contributed by atoms with E-state index < -0.39 is 0 Å². The summed E-state index contributed by atoms with van der Waals surface area (Å²) in [5, 5.41) is 13.1. The van der Waals surface area contributed by atoms with Crippen LogP contribution in [0.2, 0.25) is 0 Å². The third-order valence-electron chi connectivity index (χ3n) is 5.56. The maximum Gasteiger partial charge on any atom is 0.252 e. The third-order valence-corrected chi connectivity index (χ3v) is 5.56. The smallest absolute Gasteiger partial charge is 0.252 e. The van der Waals surface area contributed by atoms with E-state index in [0.29, 0.717) is 37.6 Å². The molecule has 0 radical (unpaired) electrons. The van der Waals surface area contributed by atoms with E-state index >= 15 is 0 Å². The lowest BCUT2D eigenvalue weighted by Gasteiger charge is -2.22. The Balaban J connectivity index is 1.58. The minimum absolute atomic E-state index is 0.112. The molecule has 33 heavy (non-hydrogen) atoms. The van der Waals surface area contributed by atoms with E-state index in [-0.39, 0.29) is 5.56 Å². The van der Waals surface area contributed by atoms with Crippen molar-refractivity contribution in [3.05, 3.63) is 81.9 Å². The Morgan fingerprint density at radius 1 is 1.06 bits per heavy atom. The minimum atomic E-state index is -0.112. The number of benzene rings is 2. The van der Waals surface area contributed by atoms with Crippen molar-refractivity contribution in [2.24, 2.45) is 0 Å². The molecule has 4 rings (SSSR count). The number of methoxy groups -OCH3 is 2. The highest BCUT2D eigenvalue weighted by Crippen LogP contribution is 2.19. The summed E-state index contributed by atoms with van der Waals surface area (Å²) in [6, 6.07) is 17.9. The molecule has 0 aliphatic carbocycles. The molecule has 2 aromatic carbocycles. The minimum Gasteiger partial charge on any atom is -0.497 e. The van der Waals surface area contributed by atoms with Crippen LogP contribution in [0.3, 0.4) is 0 Å². The second-order valence-electron chi connectivity index (χ2n) is 7.83. The van der Waals surface area contributed by atoms with Gasteiger partial charge in [-0.15, -0.1) is 5.10 Å². The Bertz CT molecular complexity index is 1240. The highest BCUT2D eigenvalue weighted by molar-refractivity contribution is 5.80. The van der Waals surface area contributed by atoms with Crippen LogP contribution in [-0.4, -0.2) is 57.5 Å². The molecule has 0 atom stereocenters. The van der Waals surface area contributed by atoms with Gasteiger partial charge in [0.1, 0.15) is 5.75 Å². The van der Waals surface area contributed by atoms with Crippen LogP contribution >= 0.6 is 0 Å². The zero-order chi connectivity index (χ0) is 23.0. The summed E-state index contributed by atoms with van der Waals surface area (Å²) in [7, 11) is 3.26. The van der Waals surface area contributed by atoms with Crippen LogP contribution in [0, 0.1) is 0 Å². The number of ether oxygens (including phenoxy) is 2. The van der Waals surface area contributed by atoms with E-state index in [1.54, 1.807) is 18.9 Å². The fraction of sp³-hybridized carbons (Fsp3) is 0.333. The van der Waals surface area contributed by atoms with Gasteiger partial charge in [-0.1, -0.05) is 30.3 Å². The maximum absolute atomic E-state index is 12.9. The fourth-order valence-corrected chi connectivity index (χ4v) is 3.74. The van der Waals surface area contributed by atoms with Gasteiger partial charge >= 0.3 is 0 Å². The normalized spacial score (nSPS) is 11.4. The van der Waals surface area contributed by atoms with Gasteiger partial charge in [-0.05, 0) is 46.0 Å². The van der Waals surface area contributed by atoms with E-state index in [4.69, 9.17) is 9.47 Å². The van der Waals surface area contributed by atoms with Crippen molar-refractivity contribution in [3.8, 4) is 5.75 Å². The summed E-state index contributed by atoms with van der Waals surface area (Å²) in [5.74, 6) is 1.44. The number of nitrogens with zero attached hydrogens (tertiary/aromatic N) is 5. The zero-order valence-electron chi connectivity index (χ0n) is 18.9. The van der Waals surface area contributed by atoms with Crippen LogP contribution in [0.4, 0.5) is 0 Å². The van der Waals surface area contributed by atoms with Crippen molar-refractivity contribution in [2.75, 3.05) is 27.4 Å². The number of nitrogens with one attached hydrogen (secondary N) is 1. The lowest BCUT2D eigenvalue weighted by Crippen LogP contribution is -2.30. The molecule has 0 aliphatic heterocycles. The number of aromatic nitrogens is 5. The van der Waals surface area contributed by atoms with Gasteiger partial charge in [-0.2, -0.15) is 0 Å². The number of aromatic amines is 1. The van der Waals surface area contributed by atoms with Crippen LogP contribution in [0.15, 0.2) is 59.4 Å². The summed E-state index contributed by atoms with van der Waals surface area (Å²) < 4.78 is 12.2. The Morgan fingerprint density at radius 3 is 2.70 bits per heavy atom. The van der Waals surface area contributed by atoms with E-state index in [0.717, 1.165) is 29.7 Å². The predicted molar refractivity (Wildman–Crippen MR) is 125 cm³/mol. The molecule has 0 saturated heterocycles. The van der Waals surface area contributed by atoms with Crippen LogP contribution in [-0.2, 0) is 30.8 Å². The van der Waals surface area contributed by atoms with Gasteiger partial charge in [-0.3, -0.25) is 9.69 Å². The summed E-state index contributed by atoms with van der Waals surface area (Å²) >= 11 is 0. The standard InChI is InChI=1S/C24H28N6O3/c1-32-13-12-30-23(26-27-28-30)17-29(11-10-18-6-4-3-5-7-18)16-20-14-19-8-9-21(33-2)15-22(19)25-24(20)31/h3-9,14-15H,10-13,16-17H2,1-2H3,(H,25,31). The van der Waals surface area contributed by atoms with Crippen molar-refractivity contribution in [1.29, 1.82) is 0 Å². The van der Waals surface area contributed by atoms with Crippen molar-refractivity contribution in [2.45, 2.75) is 26.1 Å². The Kier molecular flexibility index (Phi) is 7.43. The summed E-state index contributed by atoms with van der Waals surface area (Å²) in [6.07, 6.45) is 0.850. The molecule has 172 valence electrons. The number of fused-ring (bicyclic) bond motifs is 1. The number of hydrogen-bond donors (Lipinski definition) is 1. The molecule has 1 N–H and O–H groups in total. The van der Waals surface area contributed by atoms with Crippen molar-refractivity contribution in [1.82, 2.24) is 30.1 Å². The molecular formula is C24H28N6O3. The molecule has 0 saturated carbocycles. The molecule has 4 aromatic rings. The van der Waals surface area contributed by atoms with Gasteiger partial charge in [0.2, 0.25) is 0 Å². The highest BCUT2D eigenvalue weighted by Gasteiger charge is 2.15. The summed E-state index contributed by atoms with van der Waals surface area (Å²) in [4.78, 5) is 18.1. The lowest BCUT2D eigenvalue weighted by atomic mass is 10.1. The highest BCUT2D eigenvalue weighted by atomic mass is 16.5. The molecule has 0 fully saturated rings. The molecule has 0 aliphatic rings.